The van der Waals surface area contributed by atoms with Gasteiger partial charge in [0.25, 0.3) is 0 Å². The van der Waals surface area contributed by atoms with Crippen molar-refractivity contribution in [3.05, 3.63) is 35.5 Å². The number of hydrogen-bond acceptors (Lipinski definition) is 6. The number of allylic oxidation sites excluding steroid dienone is 6. The number of Topliss-reactive ketones (excluding diaryl/α,β-unsaturated/α-hetero) is 1. The van der Waals surface area contributed by atoms with Gasteiger partial charge in [0.2, 0.25) is 0 Å². The summed E-state index contributed by atoms with van der Waals surface area (Å²) in [4.78, 5) is 37.2. The van der Waals surface area contributed by atoms with Crippen molar-refractivity contribution in [3.63, 3.8) is 0 Å². The van der Waals surface area contributed by atoms with Gasteiger partial charge in [0.05, 0.1) is 24.7 Å². The van der Waals surface area contributed by atoms with Gasteiger partial charge in [-0.1, -0.05) is 26.0 Å². The molecule has 1 saturated heterocycles. The summed E-state index contributed by atoms with van der Waals surface area (Å²) < 4.78 is 17.4. The Kier molecular flexibility index (Phi) is 6.33. The minimum atomic E-state index is -0.778. The summed E-state index contributed by atoms with van der Waals surface area (Å²) in [6, 6.07) is 0. The molecule has 3 rings (SSSR count). The van der Waals surface area contributed by atoms with E-state index in [0.717, 1.165) is 5.57 Å². The fourth-order valence-electron chi connectivity index (χ4n) is 4.13. The lowest BCUT2D eigenvalue weighted by Crippen LogP contribution is -2.47. The molecule has 0 radical (unpaired) electrons. The van der Waals surface area contributed by atoms with Crippen LogP contribution < -0.4 is 0 Å². The number of fused-ring (bicyclic) bond motifs is 1. The van der Waals surface area contributed by atoms with Crippen LogP contribution >= 0.6 is 0 Å². The highest BCUT2D eigenvalue weighted by molar-refractivity contribution is 6.13. The topological polar surface area (TPSA) is 78.9 Å². The van der Waals surface area contributed by atoms with Gasteiger partial charge in [0.1, 0.15) is 5.78 Å². The van der Waals surface area contributed by atoms with Gasteiger partial charge in [-0.25, -0.2) is 0 Å². The quantitative estimate of drug-likeness (QED) is 0.603. The van der Waals surface area contributed by atoms with E-state index >= 15 is 0 Å². The van der Waals surface area contributed by atoms with Crippen molar-refractivity contribution in [2.75, 3.05) is 20.3 Å². The van der Waals surface area contributed by atoms with Crippen LogP contribution in [0.4, 0.5) is 0 Å². The van der Waals surface area contributed by atoms with E-state index in [0.29, 0.717) is 31.6 Å². The van der Waals surface area contributed by atoms with Gasteiger partial charge in [-0.15, -0.1) is 0 Å². The fourth-order valence-corrected chi connectivity index (χ4v) is 4.13. The molecule has 2 atom stereocenters. The average molecular weight is 417 g/mol. The molecule has 6 nitrogen and oxygen atoms in total. The summed E-state index contributed by atoms with van der Waals surface area (Å²) in [6.45, 7) is 9.03. The standard InChI is InChI=1S/C24H32O6/c1-22(2)14-29-24(4,30-15-22)13-17(28-5)12-16(25)6-7-18-19-8-9-21(27)23(19,3)11-10-20(18)26/h8-11,17H,6-7,12-15H2,1-5H3/t17-,23-/m0/s1. The normalized spacial score (nSPS) is 28.0. The van der Waals surface area contributed by atoms with Gasteiger partial charge in [-0.3, -0.25) is 14.4 Å². The highest BCUT2D eigenvalue weighted by Crippen LogP contribution is 2.42. The molecule has 0 aromatic rings. The Labute approximate surface area is 178 Å². The number of methoxy groups -OCH3 is 1. The van der Waals surface area contributed by atoms with Gasteiger partial charge in [0, 0.05) is 37.4 Å². The molecule has 6 heteroatoms. The second-order valence-corrected chi connectivity index (χ2v) is 9.67. The zero-order valence-corrected chi connectivity index (χ0v) is 18.6. The van der Waals surface area contributed by atoms with Crippen molar-refractivity contribution in [1.29, 1.82) is 0 Å². The molecule has 0 spiro atoms. The van der Waals surface area contributed by atoms with E-state index in [-0.39, 0.29) is 41.7 Å². The lowest BCUT2D eigenvalue weighted by molar-refractivity contribution is -0.299. The van der Waals surface area contributed by atoms with Crippen LogP contribution in [0.2, 0.25) is 0 Å². The zero-order valence-electron chi connectivity index (χ0n) is 18.6. The van der Waals surface area contributed by atoms with E-state index in [1.54, 1.807) is 19.3 Å². The molecule has 3 aliphatic rings. The summed E-state index contributed by atoms with van der Waals surface area (Å²) in [5.74, 6) is -0.931. The van der Waals surface area contributed by atoms with Crippen LogP contribution in [-0.2, 0) is 28.6 Å². The number of carbonyl (C=O) groups is 3. The third-order valence-corrected chi connectivity index (χ3v) is 6.24. The maximum absolute atomic E-state index is 12.6. The maximum atomic E-state index is 12.6. The van der Waals surface area contributed by atoms with Crippen LogP contribution in [0.1, 0.15) is 53.4 Å². The SMILES string of the molecule is CO[C@@H](CC(=O)CCC1=C2C=CC(=O)[C@@]2(C)C=CC1=O)CC1(C)OCC(C)(C)CO1. The molecule has 0 saturated carbocycles. The third-order valence-electron chi connectivity index (χ3n) is 6.24. The van der Waals surface area contributed by atoms with Crippen molar-refractivity contribution >= 4 is 17.3 Å². The average Bonchev–Trinajstić information content (AvgIpc) is 2.99. The predicted octanol–water partition coefficient (Wildman–Crippen LogP) is 3.50. The Morgan fingerprint density at radius 2 is 1.77 bits per heavy atom. The summed E-state index contributed by atoms with van der Waals surface area (Å²) in [7, 11) is 1.58. The van der Waals surface area contributed by atoms with Crippen LogP contribution in [-0.4, -0.2) is 49.6 Å². The van der Waals surface area contributed by atoms with Crippen molar-refractivity contribution in [3.8, 4) is 0 Å². The lowest BCUT2D eigenvalue weighted by Gasteiger charge is -2.42. The third kappa shape index (κ3) is 4.71. The Hall–Kier alpha value is -1.89. The van der Waals surface area contributed by atoms with Crippen LogP contribution in [0.25, 0.3) is 0 Å². The monoisotopic (exact) mass is 416 g/mol. The Morgan fingerprint density at radius 3 is 2.40 bits per heavy atom. The molecule has 164 valence electrons. The molecule has 0 aromatic carbocycles. The highest BCUT2D eigenvalue weighted by atomic mass is 16.7. The first-order chi connectivity index (χ1) is 14.0. The van der Waals surface area contributed by atoms with E-state index in [1.807, 2.05) is 13.8 Å². The summed E-state index contributed by atoms with van der Waals surface area (Å²) in [5, 5.41) is 0. The molecular formula is C24H32O6. The largest absolute Gasteiger partial charge is 0.381 e. The second-order valence-electron chi connectivity index (χ2n) is 9.67. The van der Waals surface area contributed by atoms with Crippen LogP contribution in [0.15, 0.2) is 35.5 Å². The smallest absolute Gasteiger partial charge is 0.181 e. The van der Waals surface area contributed by atoms with Crippen molar-refractivity contribution in [2.45, 2.75) is 65.3 Å². The van der Waals surface area contributed by atoms with Crippen LogP contribution in [0.3, 0.4) is 0 Å². The number of rotatable bonds is 8. The van der Waals surface area contributed by atoms with Gasteiger partial charge >= 0.3 is 0 Å². The van der Waals surface area contributed by atoms with E-state index < -0.39 is 11.2 Å². The molecular weight excluding hydrogens is 384 g/mol. The molecule has 1 aliphatic heterocycles. The molecule has 0 N–H and O–H groups in total. The Morgan fingerprint density at radius 1 is 1.10 bits per heavy atom. The van der Waals surface area contributed by atoms with Crippen LogP contribution in [0, 0.1) is 10.8 Å². The number of ketones is 3. The molecule has 1 fully saturated rings. The number of ether oxygens (including phenoxy) is 3. The summed E-state index contributed by atoms with van der Waals surface area (Å²) in [6.07, 6.45) is 7.21. The van der Waals surface area contributed by atoms with Gasteiger partial charge in [0.15, 0.2) is 17.4 Å². The van der Waals surface area contributed by atoms with Gasteiger partial charge < -0.3 is 14.2 Å². The molecule has 2 aliphatic carbocycles. The summed E-state index contributed by atoms with van der Waals surface area (Å²) >= 11 is 0. The van der Waals surface area contributed by atoms with E-state index in [4.69, 9.17) is 14.2 Å². The minimum absolute atomic E-state index is 0.00653. The van der Waals surface area contributed by atoms with Crippen molar-refractivity contribution in [2.24, 2.45) is 10.8 Å². The molecule has 0 unspecified atom stereocenters. The number of carbonyl (C=O) groups excluding carboxylic acids is 3. The zero-order chi connectivity index (χ0) is 22.2. The summed E-state index contributed by atoms with van der Waals surface area (Å²) in [5.41, 5.74) is 0.463. The van der Waals surface area contributed by atoms with E-state index in [1.165, 1.54) is 12.2 Å². The fraction of sp³-hybridized carbons (Fsp3) is 0.625. The lowest BCUT2D eigenvalue weighted by atomic mass is 9.75. The predicted molar refractivity (Wildman–Crippen MR) is 112 cm³/mol. The Bertz CT molecular complexity index is 821. The number of hydrogen-bond donors (Lipinski definition) is 0. The van der Waals surface area contributed by atoms with Gasteiger partial charge in [-0.05, 0) is 38.0 Å². The van der Waals surface area contributed by atoms with E-state index in [9.17, 15) is 14.4 Å². The molecule has 0 bridgehead atoms. The van der Waals surface area contributed by atoms with Gasteiger partial charge in [-0.2, -0.15) is 0 Å². The van der Waals surface area contributed by atoms with E-state index in [2.05, 4.69) is 13.8 Å². The first kappa shape index (κ1) is 22.8. The maximum Gasteiger partial charge on any atom is 0.181 e. The molecule has 30 heavy (non-hydrogen) atoms. The molecule has 1 heterocycles. The molecule has 0 aromatic heterocycles. The minimum Gasteiger partial charge on any atom is -0.381 e. The first-order valence-corrected chi connectivity index (χ1v) is 10.5. The van der Waals surface area contributed by atoms with Crippen LogP contribution in [0.5, 0.6) is 0 Å². The first-order valence-electron chi connectivity index (χ1n) is 10.5. The second kappa shape index (κ2) is 8.33. The Balaban J connectivity index is 1.58. The molecule has 0 amide bonds. The highest BCUT2D eigenvalue weighted by Gasteiger charge is 2.41. The van der Waals surface area contributed by atoms with Crippen molar-refractivity contribution in [1.82, 2.24) is 0 Å². The van der Waals surface area contributed by atoms with Crippen molar-refractivity contribution < 1.29 is 28.6 Å².